The SMILES string of the molecule is COc1ccc(CC(C)NCCn2cccn2)cc1. The second-order valence-electron chi connectivity index (χ2n) is 4.68. The summed E-state index contributed by atoms with van der Waals surface area (Å²) in [5.41, 5.74) is 1.32. The lowest BCUT2D eigenvalue weighted by molar-refractivity contribution is 0.414. The third kappa shape index (κ3) is 4.41. The average Bonchev–Trinajstić information content (AvgIpc) is 2.93. The fraction of sp³-hybridized carbons (Fsp3) is 0.400. The van der Waals surface area contributed by atoms with Gasteiger partial charge in [-0.3, -0.25) is 4.68 Å². The highest BCUT2D eigenvalue weighted by molar-refractivity contribution is 5.27. The van der Waals surface area contributed by atoms with Gasteiger partial charge < -0.3 is 10.1 Å². The molecular formula is C15H21N3O. The Morgan fingerprint density at radius 2 is 2.11 bits per heavy atom. The summed E-state index contributed by atoms with van der Waals surface area (Å²) < 4.78 is 7.09. The maximum Gasteiger partial charge on any atom is 0.118 e. The molecule has 1 atom stereocenters. The van der Waals surface area contributed by atoms with Gasteiger partial charge in [0.1, 0.15) is 5.75 Å². The van der Waals surface area contributed by atoms with Crippen molar-refractivity contribution in [2.45, 2.75) is 25.9 Å². The lowest BCUT2D eigenvalue weighted by Crippen LogP contribution is -2.31. The molecule has 0 aliphatic carbocycles. The summed E-state index contributed by atoms with van der Waals surface area (Å²) in [4.78, 5) is 0. The van der Waals surface area contributed by atoms with Crippen molar-refractivity contribution in [3.8, 4) is 5.75 Å². The maximum absolute atomic E-state index is 5.16. The van der Waals surface area contributed by atoms with E-state index in [1.807, 2.05) is 29.1 Å². The van der Waals surface area contributed by atoms with Crippen molar-refractivity contribution in [1.29, 1.82) is 0 Å². The third-order valence-electron chi connectivity index (χ3n) is 3.09. The van der Waals surface area contributed by atoms with E-state index >= 15 is 0 Å². The van der Waals surface area contributed by atoms with Crippen molar-refractivity contribution >= 4 is 0 Å². The van der Waals surface area contributed by atoms with Crippen LogP contribution in [0.3, 0.4) is 0 Å². The van der Waals surface area contributed by atoms with Crippen LogP contribution in [-0.2, 0) is 13.0 Å². The molecule has 2 rings (SSSR count). The maximum atomic E-state index is 5.16. The monoisotopic (exact) mass is 259 g/mol. The quantitative estimate of drug-likeness (QED) is 0.827. The van der Waals surface area contributed by atoms with E-state index in [4.69, 9.17) is 4.74 Å². The van der Waals surface area contributed by atoms with Crippen LogP contribution in [0.25, 0.3) is 0 Å². The van der Waals surface area contributed by atoms with E-state index in [9.17, 15) is 0 Å². The van der Waals surface area contributed by atoms with Crippen LogP contribution in [-0.4, -0.2) is 29.5 Å². The van der Waals surface area contributed by atoms with Gasteiger partial charge in [0.2, 0.25) is 0 Å². The molecule has 2 aromatic rings. The van der Waals surface area contributed by atoms with Crippen LogP contribution in [0.5, 0.6) is 5.75 Å². The molecular weight excluding hydrogens is 238 g/mol. The number of hydrogen-bond acceptors (Lipinski definition) is 3. The van der Waals surface area contributed by atoms with Crippen molar-refractivity contribution in [1.82, 2.24) is 15.1 Å². The van der Waals surface area contributed by atoms with Crippen LogP contribution in [0, 0.1) is 0 Å². The molecule has 0 radical (unpaired) electrons. The van der Waals surface area contributed by atoms with Crippen molar-refractivity contribution in [2.75, 3.05) is 13.7 Å². The topological polar surface area (TPSA) is 39.1 Å². The van der Waals surface area contributed by atoms with Crippen molar-refractivity contribution in [3.63, 3.8) is 0 Å². The standard InChI is InChI=1S/C15H21N3O/c1-13(16-9-11-18-10-3-8-17-18)12-14-4-6-15(19-2)7-5-14/h3-8,10,13,16H,9,11-12H2,1-2H3. The average molecular weight is 259 g/mol. The summed E-state index contributed by atoms with van der Waals surface area (Å²) in [6.07, 6.45) is 4.81. The molecule has 1 aromatic carbocycles. The summed E-state index contributed by atoms with van der Waals surface area (Å²) in [6, 6.07) is 10.6. The van der Waals surface area contributed by atoms with Gasteiger partial charge >= 0.3 is 0 Å². The fourth-order valence-electron chi connectivity index (χ4n) is 2.05. The smallest absolute Gasteiger partial charge is 0.118 e. The second kappa shape index (κ2) is 6.95. The van der Waals surface area contributed by atoms with Gasteiger partial charge in [0.15, 0.2) is 0 Å². The van der Waals surface area contributed by atoms with E-state index in [0.29, 0.717) is 6.04 Å². The second-order valence-corrected chi connectivity index (χ2v) is 4.68. The number of hydrogen-bond donors (Lipinski definition) is 1. The molecule has 0 saturated heterocycles. The number of ether oxygens (including phenoxy) is 1. The van der Waals surface area contributed by atoms with Crippen molar-refractivity contribution in [2.24, 2.45) is 0 Å². The first kappa shape index (κ1) is 13.6. The zero-order chi connectivity index (χ0) is 13.5. The summed E-state index contributed by atoms with van der Waals surface area (Å²) >= 11 is 0. The molecule has 0 amide bonds. The highest BCUT2D eigenvalue weighted by Crippen LogP contribution is 2.12. The number of aromatic nitrogens is 2. The van der Waals surface area contributed by atoms with Gasteiger partial charge in [-0.2, -0.15) is 5.10 Å². The number of rotatable bonds is 7. The van der Waals surface area contributed by atoms with Gasteiger partial charge in [0.05, 0.1) is 13.7 Å². The lowest BCUT2D eigenvalue weighted by atomic mass is 10.1. The zero-order valence-electron chi connectivity index (χ0n) is 11.5. The molecule has 1 N–H and O–H groups in total. The molecule has 4 heteroatoms. The molecule has 0 aliphatic rings. The van der Waals surface area contributed by atoms with Gasteiger partial charge in [-0.25, -0.2) is 0 Å². The predicted molar refractivity (Wildman–Crippen MR) is 76.4 cm³/mol. The van der Waals surface area contributed by atoms with E-state index in [-0.39, 0.29) is 0 Å². The summed E-state index contributed by atoms with van der Waals surface area (Å²) in [5.74, 6) is 0.906. The minimum absolute atomic E-state index is 0.448. The van der Waals surface area contributed by atoms with Gasteiger partial charge in [-0.05, 0) is 37.1 Å². The Hall–Kier alpha value is -1.81. The number of methoxy groups -OCH3 is 1. The highest BCUT2D eigenvalue weighted by atomic mass is 16.5. The van der Waals surface area contributed by atoms with Crippen LogP contribution < -0.4 is 10.1 Å². The Balaban J connectivity index is 1.72. The molecule has 1 unspecified atom stereocenters. The van der Waals surface area contributed by atoms with Crippen molar-refractivity contribution < 1.29 is 4.74 Å². The molecule has 0 fully saturated rings. The molecule has 0 bridgehead atoms. The molecule has 0 aliphatic heterocycles. The number of benzene rings is 1. The minimum atomic E-state index is 0.448. The fourth-order valence-corrected chi connectivity index (χ4v) is 2.05. The molecule has 1 aromatic heterocycles. The molecule has 0 spiro atoms. The number of nitrogens with one attached hydrogen (secondary N) is 1. The normalized spacial score (nSPS) is 12.3. The molecule has 4 nitrogen and oxygen atoms in total. The molecule has 1 heterocycles. The first-order chi connectivity index (χ1) is 9.28. The van der Waals surface area contributed by atoms with E-state index in [1.165, 1.54) is 5.56 Å². The summed E-state index contributed by atoms with van der Waals surface area (Å²) in [6.45, 7) is 4.03. The van der Waals surface area contributed by atoms with Crippen LogP contribution in [0.1, 0.15) is 12.5 Å². The lowest BCUT2D eigenvalue weighted by Gasteiger charge is -2.14. The highest BCUT2D eigenvalue weighted by Gasteiger charge is 2.03. The Kier molecular flexibility index (Phi) is 4.98. The van der Waals surface area contributed by atoms with Gasteiger partial charge in [0, 0.05) is 25.0 Å². The van der Waals surface area contributed by atoms with Crippen LogP contribution in [0.15, 0.2) is 42.7 Å². The van der Waals surface area contributed by atoms with Crippen LogP contribution in [0.4, 0.5) is 0 Å². The van der Waals surface area contributed by atoms with Gasteiger partial charge in [0.25, 0.3) is 0 Å². The third-order valence-corrected chi connectivity index (χ3v) is 3.09. The van der Waals surface area contributed by atoms with E-state index in [1.54, 1.807) is 13.3 Å². The van der Waals surface area contributed by atoms with E-state index in [2.05, 4.69) is 29.5 Å². The summed E-state index contributed by atoms with van der Waals surface area (Å²) in [7, 11) is 1.69. The van der Waals surface area contributed by atoms with E-state index in [0.717, 1.165) is 25.3 Å². The van der Waals surface area contributed by atoms with Crippen molar-refractivity contribution in [3.05, 3.63) is 48.3 Å². The molecule has 102 valence electrons. The van der Waals surface area contributed by atoms with Crippen LogP contribution >= 0.6 is 0 Å². The van der Waals surface area contributed by atoms with E-state index < -0.39 is 0 Å². The van der Waals surface area contributed by atoms with Gasteiger partial charge in [-0.15, -0.1) is 0 Å². The summed E-state index contributed by atoms with van der Waals surface area (Å²) in [5, 5.41) is 7.68. The van der Waals surface area contributed by atoms with Crippen LogP contribution in [0.2, 0.25) is 0 Å². The van der Waals surface area contributed by atoms with Gasteiger partial charge in [-0.1, -0.05) is 12.1 Å². The largest absolute Gasteiger partial charge is 0.497 e. The zero-order valence-corrected chi connectivity index (χ0v) is 11.5. The Bertz CT molecular complexity index is 465. The Morgan fingerprint density at radius 3 is 2.74 bits per heavy atom. The minimum Gasteiger partial charge on any atom is -0.497 e. The molecule has 0 saturated carbocycles. The Labute approximate surface area is 114 Å². The first-order valence-electron chi connectivity index (χ1n) is 6.61. The Morgan fingerprint density at radius 1 is 1.32 bits per heavy atom. The molecule has 19 heavy (non-hydrogen) atoms. The predicted octanol–water partition coefficient (Wildman–Crippen LogP) is 2.11. The number of nitrogens with zero attached hydrogens (tertiary/aromatic N) is 2. The first-order valence-corrected chi connectivity index (χ1v) is 6.61.